The number of aryl methyl sites for hydroxylation is 1. The van der Waals surface area contributed by atoms with Crippen molar-refractivity contribution >= 4 is 17.6 Å². The number of ether oxygens (including phenoxy) is 1. The predicted molar refractivity (Wildman–Crippen MR) is 104 cm³/mol. The van der Waals surface area contributed by atoms with Gasteiger partial charge in [0.2, 0.25) is 11.9 Å². The number of carbonyl (C=O) groups is 2. The van der Waals surface area contributed by atoms with E-state index in [2.05, 4.69) is 9.97 Å². The lowest BCUT2D eigenvalue weighted by molar-refractivity contribution is -0.144. The minimum Gasteiger partial charge on any atom is -0.377 e. The highest BCUT2D eigenvalue weighted by Gasteiger charge is 2.35. The molecule has 4 rings (SSSR count). The van der Waals surface area contributed by atoms with Crippen LogP contribution in [0.25, 0.3) is 0 Å². The second-order valence-corrected chi connectivity index (χ2v) is 7.39. The smallest absolute Gasteiger partial charge is 0.226 e. The van der Waals surface area contributed by atoms with Crippen molar-refractivity contribution in [3.63, 3.8) is 0 Å². The molecule has 7 nitrogen and oxygen atoms in total. The first-order valence-corrected chi connectivity index (χ1v) is 9.68. The zero-order valence-electron chi connectivity index (χ0n) is 15.7. The van der Waals surface area contributed by atoms with Crippen LogP contribution in [0.3, 0.4) is 0 Å². The maximum atomic E-state index is 13.3. The lowest BCUT2D eigenvalue weighted by atomic mass is 9.85. The Kier molecular flexibility index (Phi) is 5.34. The number of morpholine rings is 1. The second-order valence-electron chi connectivity index (χ2n) is 7.39. The number of hydrogen-bond acceptors (Lipinski definition) is 6. The summed E-state index contributed by atoms with van der Waals surface area (Å²) in [4.78, 5) is 36.1. The van der Waals surface area contributed by atoms with Crippen LogP contribution in [-0.4, -0.2) is 52.4 Å². The third kappa shape index (κ3) is 3.89. The number of nitrogens with zero attached hydrogens (tertiary/aromatic N) is 3. The van der Waals surface area contributed by atoms with E-state index in [0.717, 1.165) is 24.1 Å². The molecule has 0 radical (unpaired) electrons. The number of amides is 1. The van der Waals surface area contributed by atoms with E-state index in [1.165, 1.54) is 0 Å². The Balaban J connectivity index is 1.46. The summed E-state index contributed by atoms with van der Waals surface area (Å²) in [5, 5.41) is 0. The number of hydrogen-bond donors (Lipinski definition) is 1. The molecule has 1 amide bonds. The molecular weight excluding hydrogens is 356 g/mol. The summed E-state index contributed by atoms with van der Waals surface area (Å²) in [6.45, 7) is 1.42. The molecule has 0 bridgehead atoms. The normalized spacial score (nSPS) is 21.8. The van der Waals surface area contributed by atoms with Gasteiger partial charge in [-0.05, 0) is 24.8 Å². The van der Waals surface area contributed by atoms with Gasteiger partial charge in [-0.3, -0.25) is 9.59 Å². The fourth-order valence-corrected chi connectivity index (χ4v) is 4.04. The molecule has 1 aromatic carbocycles. The van der Waals surface area contributed by atoms with Crippen LogP contribution in [0.2, 0.25) is 0 Å². The van der Waals surface area contributed by atoms with Crippen LogP contribution >= 0.6 is 0 Å². The minimum absolute atomic E-state index is 0.0340. The Bertz CT molecular complexity index is 871. The van der Waals surface area contributed by atoms with Crippen LogP contribution in [-0.2, 0) is 22.4 Å². The molecule has 146 valence electrons. The van der Waals surface area contributed by atoms with Gasteiger partial charge in [-0.15, -0.1) is 0 Å². The number of fused-ring (bicyclic) bond motifs is 1. The van der Waals surface area contributed by atoms with Crippen molar-refractivity contribution in [3.05, 3.63) is 53.3 Å². The first kappa shape index (κ1) is 18.6. The van der Waals surface area contributed by atoms with Crippen LogP contribution in [0, 0.1) is 5.92 Å². The van der Waals surface area contributed by atoms with E-state index in [1.807, 2.05) is 35.2 Å². The standard InChI is InChI=1S/C21H24N4O3/c22-21-23-12-16-10-15(6-7-18(16)24-21)20(27)25-8-9-28-13-17(25)11-19(26)14-4-2-1-3-5-14/h1-5,12,15,17H,6-11,13H2,(H2,22,23,24). The van der Waals surface area contributed by atoms with Crippen molar-refractivity contribution in [1.82, 2.24) is 14.9 Å². The van der Waals surface area contributed by atoms with Gasteiger partial charge in [-0.2, -0.15) is 0 Å². The average molecular weight is 380 g/mol. The average Bonchev–Trinajstić information content (AvgIpc) is 2.74. The zero-order chi connectivity index (χ0) is 19.5. The summed E-state index contributed by atoms with van der Waals surface area (Å²) in [5.74, 6) is 0.284. The van der Waals surface area contributed by atoms with E-state index in [1.54, 1.807) is 6.20 Å². The lowest BCUT2D eigenvalue weighted by Crippen LogP contribution is -2.52. The lowest BCUT2D eigenvalue weighted by Gasteiger charge is -2.38. The number of ketones is 1. The Labute approximate surface area is 163 Å². The molecule has 0 spiro atoms. The maximum absolute atomic E-state index is 13.3. The third-order valence-corrected chi connectivity index (χ3v) is 5.55. The van der Waals surface area contributed by atoms with Gasteiger partial charge < -0.3 is 15.4 Å². The number of aromatic nitrogens is 2. The molecule has 2 aromatic rings. The quantitative estimate of drug-likeness (QED) is 0.810. The Hall–Kier alpha value is -2.80. The number of rotatable bonds is 4. The number of benzene rings is 1. The van der Waals surface area contributed by atoms with Crippen molar-refractivity contribution in [2.24, 2.45) is 5.92 Å². The SMILES string of the molecule is Nc1ncc2c(n1)CCC(C(=O)N1CCOCC1CC(=O)c1ccccc1)C2. The van der Waals surface area contributed by atoms with Crippen LogP contribution in [0.5, 0.6) is 0 Å². The van der Waals surface area contributed by atoms with Gasteiger partial charge in [0.05, 0.1) is 19.3 Å². The maximum Gasteiger partial charge on any atom is 0.226 e. The van der Waals surface area contributed by atoms with Crippen molar-refractivity contribution in [1.29, 1.82) is 0 Å². The molecule has 2 N–H and O–H groups in total. The molecule has 7 heteroatoms. The van der Waals surface area contributed by atoms with Gasteiger partial charge in [0.15, 0.2) is 5.78 Å². The van der Waals surface area contributed by atoms with E-state index in [4.69, 9.17) is 10.5 Å². The van der Waals surface area contributed by atoms with Crippen LogP contribution < -0.4 is 5.73 Å². The molecule has 2 atom stereocenters. The van der Waals surface area contributed by atoms with Crippen LogP contribution in [0.4, 0.5) is 5.95 Å². The molecule has 0 saturated carbocycles. The Morgan fingerprint density at radius 3 is 2.89 bits per heavy atom. The molecule has 1 aliphatic carbocycles. The number of carbonyl (C=O) groups excluding carboxylic acids is 2. The Morgan fingerprint density at radius 2 is 2.07 bits per heavy atom. The molecule has 1 aromatic heterocycles. The minimum atomic E-state index is -0.224. The van der Waals surface area contributed by atoms with Crippen LogP contribution in [0.15, 0.2) is 36.5 Å². The van der Waals surface area contributed by atoms with Gasteiger partial charge >= 0.3 is 0 Å². The predicted octanol–water partition coefficient (Wildman–Crippen LogP) is 1.66. The number of anilines is 1. The number of nitrogen functional groups attached to an aromatic ring is 1. The van der Waals surface area contributed by atoms with Crippen molar-refractivity contribution in [3.8, 4) is 0 Å². The van der Waals surface area contributed by atoms with E-state index in [0.29, 0.717) is 31.7 Å². The van der Waals surface area contributed by atoms with E-state index >= 15 is 0 Å². The zero-order valence-corrected chi connectivity index (χ0v) is 15.7. The molecular formula is C21H24N4O3. The summed E-state index contributed by atoms with van der Waals surface area (Å²) in [7, 11) is 0. The molecule has 1 fully saturated rings. The fraction of sp³-hybridized carbons (Fsp3) is 0.429. The summed E-state index contributed by atoms with van der Waals surface area (Å²) in [6.07, 6.45) is 4.08. The van der Waals surface area contributed by atoms with Gasteiger partial charge in [0, 0.05) is 36.3 Å². The van der Waals surface area contributed by atoms with E-state index < -0.39 is 0 Å². The topological polar surface area (TPSA) is 98.4 Å². The highest BCUT2D eigenvalue weighted by molar-refractivity contribution is 5.96. The molecule has 1 saturated heterocycles. The summed E-state index contributed by atoms with van der Waals surface area (Å²) < 4.78 is 5.58. The highest BCUT2D eigenvalue weighted by atomic mass is 16.5. The monoisotopic (exact) mass is 380 g/mol. The van der Waals surface area contributed by atoms with E-state index in [9.17, 15) is 9.59 Å². The van der Waals surface area contributed by atoms with Gasteiger partial charge in [-0.25, -0.2) is 9.97 Å². The van der Waals surface area contributed by atoms with Crippen molar-refractivity contribution < 1.29 is 14.3 Å². The molecule has 1 aliphatic heterocycles. The number of Topliss-reactive ketones (excluding diaryl/α,β-unsaturated/α-hetero) is 1. The number of nitrogens with two attached hydrogens (primary N) is 1. The van der Waals surface area contributed by atoms with Crippen molar-refractivity contribution in [2.75, 3.05) is 25.5 Å². The molecule has 2 unspecified atom stereocenters. The second kappa shape index (κ2) is 8.06. The third-order valence-electron chi connectivity index (χ3n) is 5.55. The molecule has 2 heterocycles. The largest absolute Gasteiger partial charge is 0.377 e. The van der Waals surface area contributed by atoms with Gasteiger partial charge in [-0.1, -0.05) is 30.3 Å². The first-order chi connectivity index (χ1) is 13.6. The molecule has 2 aliphatic rings. The first-order valence-electron chi connectivity index (χ1n) is 9.68. The summed E-state index contributed by atoms with van der Waals surface area (Å²) >= 11 is 0. The Morgan fingerprint density at radius 1 is 1.25 bits per heavy atom. The van der Waals surface area contributed by atoms with Gasteiger partial charge in [0.25, 0.3) is 0 Å². The fourth-order valence-electron chi connectivity index (χ4n) is 4.04. The van der Waals surface area contributed by atoms with Crippen LogP contribution in [0.1, 0.15) is 34.5 Å². The van der Waals surface area contributed by atoms with Gasteiger partial charge in [0.1, 0.15) is 0 Å². The summed E-state index contributed by atoms with van der Waals surface area (Å²) in [6, 6.07) is 8.97. The summed E-state index contributed by atoms with van der Waals surface area (Å²) in [5.41, 5.74) is 8.26. The highest BCUT2D eigenvalue weighted by Crippen LogP contribution is 2.27. The molecule has 28 heavy (non-hydrogen) atoms. The van der Waals surface area contributed by atoms with E-state index in [-0.39, 0.29) is 36.0 Å². The van der Waals surface area contributed by atoms with Crippen molar-refractivity contribution in [2.45, 2.75) is 31.7 Å².